The zero-order chi connectivity index (χ0) is 13.8. The Morgan fingerprint density at radius 1 is 0.773 bits per heavy atom. The first-order valence-electron chi connectivity index (χ1n) is 6.97. The Hall–Kier alpha value is 0.314. The van der Waals surface area contributed by atoms with Crippen molar-refractivity contribution in [3.63, 3.8) is 0 Å². The van der Waals surface area contributed by atoms with E-state index in [4.69, 9.17) is 14.2 Å². The molecule has 0 aliphatic carbocycles. The van der Waals surface area contributed by atoms with Crippen LogP contribution in [0.25, 0.3) is 0 Å². The average Bonchev–Trinajstić information content (AvgIpc) is 2.94. The van der Waals surface area contributed by atoms with Crippen molar-refractivity contribution in [2.24, 2.45) is 0 Å². The van der Waals surface area contributed by atoms with Crippen LogP contribution < -0.4 is 0 Å². The molecule has 2 fully saturated rings. The Morgan fingerprint density at radius 2 is 1.18 bits per heavy atom. The van der Waals surface area contributed by atoms with Crippen molar-refractivity contribution in [2.75, 3.05) is 26.1 Å². The minimum absolute atomic E-state index is 0. The molecule has 0 spiro atoms. The van der Waals surface area contributed by atoms with Gasteiger partial charge in [0.15, 0.2) is 0 Å². The molecule has 3 nitrogen and oxygen atoms in total. The zero-order valence-corrected chi connectivity index (χ0v) is 14.9. The SMILES string of the molecule is C.C.C.C.C[Si](C)(C)CC1CO1.C[Si](C)(C)COCC1CO1. The highest BCUT2D eigenvalue weighted by Crippen LogP contribution is 2.22. The fraction of sp³-hybridized carbons (Fsp3) is 1.00. The molecule has 5 heteroatoms. The van der Waals surface area contributed by atoms with Crippen LogP contribution in [-0.4, -0.2) is 54.4 Å². The van der Waals surface area contributed by atoms with E-state index in [0.29, 0.717) is 12.2 Å². The fourth-order valence-corrected chi connectivity index (χ4v) is 3.86. The Morgan fingerprint density at radius 3 is 1.41 bits per heavy atom. The molecule has 22 heavy (non-hydrogen) atoms. The van der Waals surface area contributed by atoms with E-state index >= 15 is 0 Å². The molecule has 2 saturated heterocycles. The van der Waals surface area contributed by atoms with Gasteiger partial charge in [-0.3, -0.25) is 0 Å². The Kier molecular flexibility index (Phi) is 17.4. The van der Waals surface area contributed by atoms with Crippen molar-refractivity contribution in [3.8, 4) is 0 Å². The first kappa shape index (κ1) is 30.2. The summed E-state index contributed by atoms with van der Waals surface area (Å²) in [6.07, 6.45) is 2.05. The van der Waals surface area contributed by atoms with Crippen molar-refractivity contribution in [1.29, 1.82) is 0 Å². The van der Waals surface area contributed by atoms with Gasteiger partial charge in [-0.05, 0) is 6.04 Å². The van der Waals surface area contributed by atoms with Gasteiger partial charge in [0.2, 0.25) is 0 Å². The van der Waals surface area contributed by atoms with Gasteiger partial charge in [-0.25, -0.2) is 0 Å². The molecule has 2 aliphatic heterocycles. The van der Waals surface area contributed by atoms with Gasteiger partial charge in [0.1, 0.15) is 6.10 Å². The summed E-state index contributed by atoms with van der Waals surface area (Å²) in [7, 11) is -1.76. The van der Waals surface area contributed by atoms with Crippen LogP contribution in [0.2, 0.25) is 45.3 Å². The number of hydrogen-bond donors (Lipinski definition) is 0. The van der Waals surface area contributed by atoms with E-state index in [9.17, 15) is 0 Å². The molecule has 0 aromatic carbocycles. The minimum atomic E-state index is -0.974. The van der Waals surface area contributed by atoms with Crippen molar-refractivity contribution in [3.05, 3.63) is 0 Å². The Balaban J connectivity index is -0.000000126. The monoisotopic (exact) mass is 354 g/mol. The maximum Gasteiger partial charge on any atom is 0.104 e. The topological polar surface area (TPSA) is 34.3 Å². The number of ether oxygens (including phenoxy) is 3. The standard InChI is InChI=1S/C7H16O2Si.C6H14OSi.4CH4/c1-10(2,3)6-8-4-7-5-9-7;1-8(2,3)5-6-4-7-6;;;;/h7H,4-6H2,1-3H3;6H,4-5H2,1-3H3;4*1H4. The zero-order valence-electron chi connectivity index (χ0n) is 12.9. The largest absolute Gasteiger partial charge is 0.382 e. The van der Waals surface area contributed by atoms with E-state index in [0.717, 1.165) is 26.1 Å². The molecule has 0 amide bonds. The van der Waals surface area contributed by atoms with Gasteiger partial charge < -0.3 is 14.2 Å². The highest BCUT2D eigenvalue weighted by Gasteiger charge is 2.29. The maximum atomic E-state index is 5.46. The molecule has 2 unspecified atom stereocenters. The van der Waals surface area contributed by atoms with Crippen LogP contribution >= 0.6 is 0 Å². The van der Waals surface area contributed by atoms with Crippen molar-refractivity contribution >= 4 is 16.1 Å². The second-order valence-electron chi connectivity index (χ2n) is 7.75. The van der Waals surface area contributed by atoms with Crippen molar-refractivity contribution in [2.45, 2.75) is 87.2 Å². The van der Waals surface area contributed by atoms with E-state index in [-0.39, 0.29) is 29.7 Å². The third kappa shape index (κ3) is 22.6. The van der Waals surface area contributed by atoms with E-state index in [1.54, 1.807) is 0 Å². The molecular formula is C17H46O3Si2. The van der Waals surface area contributed by atoms with Crippen molar-refractivity contribution in [1.82, 2.24) is 0 Å². The summed E-state index contributed by atoms with van der Waals surface area (Å²) in [4.78, 5) is 0. The van der Waals surface area contributed by atoms with Gasteiger partial charge in [0, 0.05) is 14.3 Å². The van der Waals surface area contributed by atoms with E-state index < -0.39 is 16.1 Å². The lowest BCUT2D eigenvalue weighted by Gasteiger charge is -2.14. The summed E-state index contributed by atoms with van der Waals surface area (Å²) >= 11 is 0. The van der Waals surface area contributed by atoms with Crippen LogP contribution in [0.5, 0.6) is 0 Å². The van der Waals surface area contributed by atoms with Crippen LogP contribution in [0.15, 0.2) is 0 Å². The molecule has 2 heterocycles. The highest BCUT2D eigenvalue weighted by atomic mass is 28.3. The molecule has 0 saturated carbocycles. The summed E-state index contributed by atoms with van der Waals surface area (Å²) in [5.74, 6) is 0. The normalized spacial score (nSPS) is 21.5. The third-order valence-corrected chi connectivity index (χ3v) is 5.23. The number of rotatable bonds is 6. The summed E-state index contributed by atoms with van der Waals surface area (Å²) in [5.41, 5.74) is 0. The predicted octanol–water partition coefficient (Wildman–Crippen LogP) is 5.55. The molecule has 0 bridgehead atoms. The quantitative estimate of drug-likeness (QED) is 0.463. The van der Waals surface area contributed by atoms with Gasteiger partial charge in [0.05, 0.1) is 34.0 Å². The molecular weight excluding hydrogens is 308 g/mol. The minimum Gasteiger partial charge on any atom is -0.382 e. The van der Waals surface area contributed by atoms with Crippen LogP contribution in [0.4, 0.5) is 0 Å². The smallest absolute Gasteiger partial charge is 0.104 e. The lowest BCUT2D eigenvalue weighted by atomic mass is 10.5. The summed E-state index contributed by atoms with van der Waals surface area (Å²) in [6.45, 7) is 16.8. The Labute approximate surface area is 144 Å². The van der Waals surface area contributed by atoms with Gasteiger partial charge in [-0.2, -0.15) is 0 Å². The Bertz CT molecular complexity index is 239. The molecule has 0 N–H and O–H groups in total. The molecule has 2 atom stereocenters. The van der Waals surface area contributed by atoms with Gasteiger partial charge >= 0.3 is 0 Å². The fourth-order valence-electron chi connectivity index (χ4n) is 1.53. The lowest BCUT2D eigenvalue weighted by Crippen LogP contribution is -2.29. The molecule has 140 valence electrons. The molecule has 0 aromatic rings. The van der Waals surface area contributed by atoms with E-state index in [1.807, 2.05) is 0 Å². The summed E-state index contributed by atoms with van der Waals surface area (Å²) in [6, 6.07) is 1.35. The van der Waals surface area contributed by atoms with E-state index in [1.165, 1.54) is 6.04 Å². The number of hydrogen-bond acceptors (Lipinski definition) is 3. The van der Waals surface area contributed by atoms with Crippen LogP contribution in [0.1, 0.15) is 29.7 Å². The first-order chi connectivity index (χ1) is 8.16. The van der Waals surface area contributed by atoms with Crippen LogP contribution in [0.3, 0.4) is 0 Å². The average molecular weight is 355 g/mol. The van der Waals surface area contributed by atoms with Gasteiger partial charge in [-0.15, -0.1) is 0 Å². The van der Waals surface area contributed by atoms with Crippen LogP contribution in [-0.2, 0) is 14.2 Å². The molecule has 0 aromatic heterocycles. The summed E-state index contributed by atoms with van der Waals surface area (Å²) < 4.78 is 15.6. The second kappa shape index (κ2) is 12.7. The molecule has 2 rings (SSSR count). The molecule has 0 radical (unpaired) electrons. The van der Waals surface area contributed by atoms with Gasteiger partial charge in [-0.1, -0.05) is 69.0 Å². The lowest BCUT2D eigenvalue weighted by molar-refractivity contribution is 0.150. The number of epoxide rings is 2. The molecule has 2 aliphatic rings. The van der Waals surface area contributed by atoms with Gasteiger partial charge in [0.25, 0.3) is 0 Å². The van der Waals surface area contributed by atoms with Crippen LogP contribution in [0, 0.1) is 0 Å². The predicted molar refractivity (Wildman–Crippen MR) is 109 cm³/mol. The maximum absolute atomic E-state index is 5.46. The third-order valence-electron chi connectivity index (χ3n) is 2.48. The van der Waals surface area contributed by atoms with E-state index in [2.05, 4.69) is 39.3 Å². The second-order valence-corrected chi connectivity index (χ2v) is 18.7. The van der Waals surface area contributed by atoms with Crippen molar-refractivity contribution < 1.29 is 14.2 Å². The highest BCUT2D eigenvalue weighted by molar-refractivity contribution is 6.76. The first-order valence-corrected chi connectivity index (χ1v) is 14.4. The summed E-state index contributed by atoms with van der Waals surface area (Å²) in [5, 5.41) is 0.